The molecule has 3 rings (SSSR count). The summed E-state index contributed by atoms with van der Waals surface area (Å²) in [7, 11) is 0. The van der Waals surface area contributed by atoms with E-state index < -0.39 is 0 Å². The van der Waals surface area contributed by atoms with Gasteiger partial charge in [0.1, 0.15) is 0 Å². The maximum absolute atomic E-state index is 3.70. The molecule has 1 saturated carbocycles. The maximum Gasteiger partial charge on any atom is 0.0457 e. The number of hydrogen-bond acceptors (Lipinski definition) is 1. The molecule has 0 bridgehead atoms. The largest absolute Gasteiger partial charge is 0.361 e. The molecule has 0 spiro atoms. The SMILES string of the molecule is CCC1(CNCc2cccc3[nH]ccc23)CCCC1. The predicted molar refractivity (Wildman–Crippen MR) is 81.2 cm³/mol. The molecule has 0 unspecified atom stereocenters. The molecular weight excluding hydrogens is 232 g/mol. The fourth-order valence-corrected chi connectivity index (χ4v) is 3.55. The van der Waals surface area contributed by atoms with Crippen LogP contribution in [0.3, 0.4) is 0 Å². The monoisotopic (exact) mass is 256 g/mol. The van der Waals surface area contributed by atoms with Gasteiger partial charge in [0, 0.05) is 30.2 Å². The van der Waals surface area contributed by atoms with E-state index >= 15 is 0 Å². The molecule has 102 valence electrons. The van der Waals surface area contributed by atoms with Crippen LogP contribution in [0.25, 0.3) is 10.9 Å². The highest BCUT2D eigenvalue weighted by Crippen LogP contribution is 2.40. The molecule has 0 amide bonds. The molecule has 1 heterocycles. The first-order valence-corrected chi connectivity index (χ1v) is 7.59. The van der Waals surface area contributed by atoms with E-state index in [1.54, 1.807) is 0 Å². The van der Waals surface area contributed by atoms with E-state index in [-0.39, 0.29) is 0 Å². The molecule has 1 aromatic heterocycles. The highest BCUT2D eigenvalue weighted by atomic mass is 14.9. The lowest BCUT2D eigenvalue weighted by Gasteiger charge is -2.27. The summed E-state index contributed by atoms with van der Waals surface area (Å²) in [6.45, 7) is 4.50. The molecule has 0 atom stereocenters. The number of H-pyrrole nitrogens is 1. The first kappa shape index (κ1) is 12.7. The number of hydrogen-bond donors (Lipinski definition) is 2. The zero-order valence-corrected chi connectivity index (χ0v) is 11.8. The zero-order valence-electron chi connectivity index (χ0n) is 11.8. The Balaban J connectivity index is 1.64. The second-order valence-corrected chi connectivity index (χ2v) is 6.02. The van der Waals surface area contributed by atoms with Gasteiger partial charge >= 0.3 is 0 Å². The van der Waals surface area contributed by atoms with Gasteiger partial charge in [0.15, 0.2) is 0 Å². The Morgan fingerprint density at radius 3 is 2.84 bits per heavy atom. The zero-order chi connectivity index (χ0) is 13.1. The molecule has 2 aromatic rings. The summed E-state index contributed by atoms with van der Waals surface area (Å²) >= 11 is 0. The summed E-state index contributed by atoms with van der Waals surface area (Å²) < 4.78 is 0. The van der Waals surface area contributed by atoms with Crippen LogP contribution < -0.4 is 5.32 Å². The molecule has 1 aromatic carbocycles. The lowest BCUT2D eigenvalue weighted by Crippen LogP contribution is -2.31. The third-order valence-corrected chi connectivity index (χ3v) is 4.91. The summed E-state index contributed by atoms with van der Waals surface area (Å²) in [6.07, 6.45) is 8.99. The van der Waals surface area contributed by atoms with E-state index in [0.29, 0.717) is 5.41 Å². The van der Waals surface area contributed by atoms with Crippen molar-refractivity contribution in [1.29, 1.82) is 0 Å². The van der Waals surface area contributed by atoms with Crippen molar-refractivity contribution in [2.75, 3.05) is 6.54 Å². The average molecular weight is 256 g/mol. The van der Waals surface area contributed by atoms with Crippen LogP contribution in [0.2, 0.25) is 0 Å². The van der Waals surface area contributed by atoms with E-state index in [0.717, 1.165) is 6.54 Å². The topological polar surface area (TPSA) is 27.8 Å². The number of aromatic amines is 1. The lowest BCUT2D eigenvalue weighted by atomic mass is 9.83. The minimum atomic E-state index is 0.575. The number of rotatable bonds is 5. The normalized spacial score (nSPS) is 18.2. The Morgan fingerprint density at radius 1 is 1.21 bits per heavy atom. The molecule has 0 aliphatic heterocycles. The van der Waals surface area contributed by atoms with E-state index in [4.69, 9.17) is 0 Å². The van der Waals surface area contributed by atoms with Gasteiger partial charge in [0.25, 0.3) is 0 Å². The fraction of sp³-hybridized carbons (Fsp3) is 0.529. The van der Waals surface area contributed by atoms with Crippen molar-refractivity contribution in [3.05, 3.63) is 36.0 Å². The van der Waals surface area contributed by atoms with E-state index in [9.17, 15) is 0 Å². The lowest BCUT2D eigenvalue weighted by molar-refractivity contribution is 0.268. The summed E-state index contributed by atoms with van der Waals surface area (Å²) in [5, 5.41) is 5.06. The van der Waals surface area contributed by atoms with Crippen LogP contribution in [-0.2, 0) is 6.54 Å². The van der Waals surface area contributed by atoms with Crippen molar-refractivity contribution in [3.8, 4) is 0 Å². The molecule has 1 aliphatic rings. The Morgan fingerprint density at radius 2 is 2.05 bits per heavy atom. The molecule has 0 radical (unpaired) electrons. The smallest absolute Gasteiger partial charge is 0.0457 e. The molecule has 1 fully saturated rings. The van der Waals surface area contributed by atoms with Gasteiger partial charge < -0.3 is 10.3 Å². The summed E-state index contributed by atoms with van der Waals surface area (Å²) in [5.74, 6) is 0. The summed E-state index contributed by atoms with van der Waals surface area (Å²) in [5.41, 5.74) is 3.22. The average Bonchev–Trinajstić information content (AvgIpc) is 3.08. The van der Waals surface area contributed by atoms with Crippen LogP contribution in [-0.4, -0.2) is 11.5 Å². The first-order valence-electron chi connectivity index (χ1n) is 7.59. The van der Waals surface area contributed by atoms with Gasteiger partial charge in [-0.25, -0.2) is 0 Å². The maximum atomic E-state index is 3.70. The summed E-state index contributed by atoms with van der Waals surface area (Å²) in [6, 6.07) is 8.69. The Labute approximate surface area is 115 Å². The second-order valence-electron chi connectivity index (χ2n) is 6.02. The second kappa shape index (κ2) is 5.38. The van der Waals surface area contributed by atoms with Gasteiger partial charge in [-0.1, -0.05) is 31.9 Å². The minimum Gasteiger partial charge on any atom is -0.361 e. The van der Waals surface area contributed by atoms with Gasteiger partial charge in [-0.2, -0.15) is 0 Å². The van der Waals surface area contributed by atoms with Gasteiger partial charge in [-0.05, 0) is 42.4 Å². The van der Waals surface area contributed by atoms with E-state index in [1.807, 2.05) is 6.20 Å². The van der Waals surface area contributed by atoms with Crippen LogP contribution in [0.1, 0.15) is 44.6 Å². The van der Waals surface area contributed by atoms with Crippen LogP contribution in [0.5, 0.6) is 0 Å². The highest BCUT2D eigenvalue weighted by molar-refractivity contribution is 5.82. The van der Waals surface area contributed by atoms with Gasteiger partial charge in [-0.15, -0.1) is 0 Å². The highest BCUT2D eigenvalue weighted by Gasteiger charge is 2.31. The summed E-state index contributed by atoms with van der Waals surface area (Å²) in [4.78, 5) is 3.28. The Kier molecular flexibility index (Phi) is 3.61. The minimum absolute atomic E-state index is 0.575. The van der Waals surface area contributed by atoms with E-state index in [2.05, 4.69) is 41.5 Å². The molecule has 1 aliphatic carbocycles. The van der Waals surface area contributed by atoms with E-state index in [1.165, 1.54) is 55.1 Å². The van der Waals surface area contributed by atoms with Crippen molar-refractivity contribution in [1.82, 2.24) is 10.3 Å². The van der Waals surface area contributed by atoms with Crippen LogP contribution in [0.4, 0.5) is 0 Å². The third kappa shape index (κ3) is 2.55. The molecule has 0 saturated heterocycles. The third-order valence-electron chi connectivity index (χ3n) is 4.91. The van der Waals surface area contributed by atoms with Gasteiger partial charge in [0.05, 0.1) is 0 Å². The Bertz CT molecular complexity index is 535. The number of nitrogens with one attached hydrogen (secondary N) is 2. The van der Waals surface area contributed by atoms with Crippen molar-refractivity contribution in [2.45, 2.75) is 45.6 Å². The standard InChI is InChI=1S/C17H24N2/c1-2-17(9-3-4-10-17)13-18-12-14-6-5-7-16-15(14)8-11-19-16/h5-8,11,18-19H,2-4,9-10,12-13H2,1H3. The van der Waals surface area contributed by atoms with Gasteiger partial charge in [0.2, 0.25) is 0 Å². The number of aromatic nitrogens is 1. The molecule has 2 N–H and O–H groups in total. The van der Waals surface area contributed by atoms with Gasteiger partial charge in [-0.3, -0.25) is 0 Å². The van der Waals surface area contributed by atoms with Crippen LogP contribution in [0, 0.1) is 5.41 Å². The number of benzene rings is 1. The predicted octanol–water partition coefficient (Wildman–Crippen LogP) is 4.23. The molecule has 2 nitrogen and oxygen atoms in total. The quantitative estimate of drug-likeness (QED) is 0.823. The molecular formula is C17H24N2. The Hall–Kier alpha value is -1.28. The fourth-order valence-electron chi connectivity index (χ4n) is 3.55. The van der Waals surface area contributed by atoms with Crippen molar-refractivity contribution < 1.29 is 0 Å². The van der Waals surface area contributed by atoms with Crippen LogP contribution in [0.15, 0.2) is 30.5 Å². The van der Waals surface area contributed by atoms with Crippen molar-refractivity contribution in [3.63, 3.8) is 0 Å². The van der Waals surface area contributed by atoms with Crippen LogP contribution >= 0.6 is 0 Å². The number of fused-ring (bicyclic) bond motifs is 1. The molecule has 19 heavy (non-hydrogen) atoms. The van der Waals surface area contributed by atoms with Crippen molar-refractivity contribution >= 4 is 10.9 Å². The first-order chi connectivity index (χ1) is 9.33. The molecule has 2 heteroatoms. The van der Waals surface area contributed by atoms with Crippen molar-refractivity contribution in [2.24, 2.45) is 5.41 Å².